The summed E-state index contributed by atoms with van der Waals surface area (Å²) in [7, 11) is 2.23. The lowest BCUT2D eigenvalue weighted by atomic mass is 9.87. The first-order valence-corrected chi connectivity index (χ1v) is 13.8. The molecule has 2 atom stereocenters. The predicted octanol–water partition coefficient (Wildman–Crippen LogP) is 4.99. The molecule has 0 radical (unpaired) electrons. The minimum absolute atomic E-state index is 0.452. The number of piperazine rings is 1. The van der Waals surface area contributed by atoms with Gasteiger partial charge in [-0.1, -0.05) is 49.0 Å². The van der Waals surface area contributed by atoms with Gasteiger partial charge in [-0.25, -0.2) is 15.0 Å². The molecule has 2 aromatic carbocycles. The van der Waals surface area contributed by atoms with Gasteiger partial charge in [0.15, 0.2) is 11.5 Å². The fourth-order valence-electron chi connectivity index (χ4n) is 5.88. The number of aromatic nitrogens is 4. The number of allylic oxidation sites excluding steroid dienone is 1. The summed E-state index contributed by atoms with van der Waals surface area (Å²) in [5.74, 6) is 1.19. The molecular weight excluding hydrogens is 510 g/mol. The highest BCUT2D eigenvalue weighted by Gasteiger charge is 2.43. The summed E-state index contributed by atoms with van der Waals surface area (Å²) in [6.45, 7) is 6.44. The van der Waals surface area contributed by atoms with Crippen molar-refractivity contribution in [3.8, 4) is 28.3 Å². The maximum Gasteiger partial charge on any atom is 0.165 e. The minimum atomic E-state index is 0.452. The van der Waals surface area contributed by atoms with E-state index in [4.69, 9.17) is 20.5 Å². The topological polar surface area (TPSA) is 93.2 Å². The van der Waals surface area contributed by atoms with Gasteiger partial charge in [0.05, 0.1) is 11.3 Å². The van der Waals surface area contributed by atoms with E-state index in [2.05, 4.69) is 69.4 Å². The summed E-state index contributed by atoms with van der Waals surface area (Å²) in [6, 6.07) is 28.3. The maximum atomic E-state index is 9.06. The van der Waals surface area contributed by atoms with Crippen LogP contribution in [0.15, 0.2) is 97.7 Å². The van der Waals surface area contributed by atoms with Crippen molar-refractivity contribution < 1.29 is 4.79 Å². The van der Waals surface area contributed by atoms with Crippen LogP contribution in [0, 0.1) is 0 Å². The summed E-state index contributed by atoms with van der Waals surface area (Å²) in [5, 5.41) is 0. The van der Waals surface area contributed by atoms with E-state index in [1.54, 1.807) is 6.20 Å². The number of benzene rings is 2. The molecule has 8 rings (SSSR count). The van der Waals surface area contributed by atoms with E-state index in [9.17, 15) is 0 Å². The zero-order chi connectivity index (χ0) is 28.3. The summed E-state index contributed by atoms with van der Waals surface area (Å²) >= 11 is 0. The van der Waals surface area contributed by atoms with Crippen LogP contribution in [0.5, 0.6) is 0 Å². The number of carbonyl (C=O) groups excluding carboxylic acids is 1. The predicted molar refractivity (Wildman–Crippen MR) is 163 cm³/mol. The monoisotopic (exact) mass is 543 g/mol. The average molecular weight is 544 g/mol. The summed E-state index contributed by atoms with van der Waals surface area (Å²) in [4.78, 5) is 28.5. The number of pyridine rings is 2. The number of carbonyl (C=O) groups is 1. The number of piperidine rings is 1. The third-order valence-corrected chi connectivity index (χ3v) is 7.84. The van der Waals surface area contributed by atoms with Gasteiger partial charge in [-0.05, 0) is 61.5 Å². The lowest BCUT2D eigenvalue weighted by Gasteiger charge is -2.56. The lowest BCUT2D eigenvalue weighted by Crippen LogP contribution is -2.67. The second-order valence-electron chi connectivity index (χ2n) is 10.6. The van der Waals surface area contributed by atoms with Crippen LogP contribution in [0.4, 0.5) is 5.82 Å². The van der Waals surface area contributed by atoms with Crippen LogP contribution >= 0.6 is 0 Å². The molecule has 6 heterocycles. The molecule has 3 aromatic heterocycles. The fraction of sp³-hybridized carbons (Fsp3) is 0.212. The van der Waals surface area contributed by atoms with Crippen LogP contribution < -0.4 is 5.73 Å². The maximum absolute atomic E-state index is 9.06. The average Bonchev–Trinajstić information content (AvgIpc) is 3.39. The number of imidazole rings is 1. The molecular formula is C33H33N7O. The molecule has 41 heavy (non-hydrogen) atoms. The van der Waals surface area contributed by atoms with Gasteiger partial charge >= 0.3 is 0 Å². The molecule has 2 N–H and O–H groups in total. The quantitative estimate of drug-likeness (QED) is 0.238. The molecule has 8 heteroatoms. The first kappa shape index (κ1) is 26.6. The number of likely N-dealkylation sites (N-methyl/N-ethyl adjacent to an activating group) is 1. The Bertz CT molecular complexity index is 1660. The van der Waals surface area contributed by atoms with Gasteiger partial charge in [0.2, 0.25) is 0 Å². The zero-order valence-corrected chi connectivity index (χ0v) is 23.1. The first-order valence-electron chi connectivity index (χ1n) is 13.8. The number of nitrogen functional groups attached to an aromatic ring is 1. The Morgan fingerprint density at radius 3 is 2.37 bits per heavy atom. The molecule has 3 fully saturated rings. The Balaban J connectivity index is 0.000000712. The van der Waals surface area contributed by atoms with Crippen LogP contribution in [-0.2, 0) is 11.3 Å². The van der Waals surface area contributed by atoms with Crippen LogP contribution in [0.3, 0.4) is 0 Å². The highest BCUT2D eigenvalue weighted by atomic mass is 16.1. The molecule has 5 aromatic rings. The Labute approximate surface area is 239 Å². The fourth-order valence-corrected chi connectivity index (χ4v) is 5.88. The third-order valence-electron chi connectivity index (χ3n) is 7.84. The molecule has 3 aliphatic rings. The summed E-state index contributed by atoms with van der Waals surface area (Å²) in [6.07, 6.45) is 4.87. The second kappa shape index (κ2) is 11.4. The Morgan fingerprint density at radius 2 is 1.68 bits per heavy atom. The molecule has 3 saturated heterocycles. The summed E-state index contributed by atoms with van der Waals surface area (Å²) < 4.78 is 2.10. The summed E-state index contributed by atoms with van der Waals surface area (Å²) in [5.41, 5.74) is 13.0. The molecule has 2 bridgehead atoms. The molecule has 2 unspecified atom stereocenters. The van der Waals surface area contributed by atoms with Gasteiger partial charge in [-0.15, -0.1) is 0 Å². The minimum Gasteiger partial charge on any atom is -0.383 e. The van der Waals surface area contributed by atoms with Crippen LogP contribution in [0.2, 0.25) is 0 Å². The lowest BCUT2D eigenvalue weighted by molar-refractivity contribution is -0.104. The first-order chi connectivity index (χ1) is 20.1. The molecule has 3 aliphatic heterocycles. The van der Waals surface area contributed by atoms with Crippen molar-refractivity contribution in [1.29, 1.82) is 0 Å². The molecule has 0 spiro atoms. The molecule has 0 saturated carbocycles. The normalized spacial score (nSPS) is 18.3. The van der Waals surface area contributed by atoms with E-state index < -0.39 is 0 Å². The van der Waals surface area contributed by atoms with E-state index in [-0.39, 0.29) is 0 Å². The molecule has 206 valence electrons. The Hall–Kier alpha value is -4.66. The molecule has 8 nitrogen and oxygen atoms in total. The highest BCUT2D eigenvalue weighted by molar-refractivity contribution is 5.84. The van der Waals surface area contributed by atoms with Gasteiger partial charge in [-0.2, -0.15) is 0 Å². The Kier molecular flexibility index (Phi) is 7.41. The van der Waals surface area contributed by atoms with Gasteiger partial charge in [0.25, 0.3) is 0 Å². The zero-order valence-electron chi connectivity index (χ0n) is 23.1. The van der Waals surface area contributed by atoms with Gasteiger partial charge in [0, 0.05) is 49.2 Å². The highest BCUT2D eigenvalue weighted by Crippen LogP contribution is 2.34. The number of nitrogens with zero attached hydrogens (tertiary/aromatic N) is 6. The number of rotatable bonds is 6. The van der Waals surface area contributed by atoms with Crippen LogP contribution in [0.1, 0.15) is 12.0 Å². The van der Waals surface area contributed by atoms with Crippen molar-refractivity contribution in [3.05, 3.63) is 103 Å². The number of fused-ring (bicyclic) bond motifs is 3. The van der Waals surface area contributed by atoms with Crippen molar-refractivity contribution in [2.45, 2.75) is 25.0 Å². The van der Waals surface area contributed by atoms with E-state index >= 15 is 0 Å². The van der Waals surface area contributed by atoms with Crippen molar-refractivity contribution in [2.24, 2.45) is 0 Å². The van der Waals surface area contributed by atoms with Gasteiger partial charge in [0.1, 0.15) is 17.6 Å². The third kappa shape index (κ3) is 5.27. The van der Waals surface area contributed by atoms with Crippen molar-refractivity contribution in [3.63, 3.8) is 0 Å². The van der Waals surface area contributed by atoms with Gasteiger partial charge < -0.3 is 10.6 Å². The Morgan fingerprint density at radius 1 is 0.951 bits per heavy atom. The number of hydrogen-bond donors (Lipinski definition) is 1. The van der Waals surface area contributed by atoms with Gasteiger partial charge in [-0.3, -0.25) is 14.3 Å². The van der Waals surface area contributed by atoms with E-state index in [0.29, 0.717) is 24.2 Å². The number of anilines is 1. The van der Waals surface area contributed by atoms with Crippen molar-refractivity contribution >= 4 is 23.3 Å². The van der Waals surface area contributed by atoms with Crippen molar-refractivity contribution in [1.82, 2.24) is 29.3 Å². The smallest absolute Gasteiger partial charge is 0.165 e. The van der Waals surface area contributed by atoms with E-state index in [1.807, 2.05) is 42.5 Å². The number of nitrogens with two attached hydrogens (primary N) is 1. The van der Waals surface area contributed by atoms with E-state index in [0.717, 1.165) is 46.0 Å². The van der Waals surface area contributed by atoms with Crippen LogP contribution in [0.25, 0.3) is 39.5 Å². The molecule has 0 amide bonds. The number of hydrogen-bond acceptors (Lipinski definition) is 7. The van der Waals surface area contributed by atoms with E-state index in [1.165, 1.54) is 31.1 Å². The standard InChI is InChI=1S/C30H29N7.C3H4O/c1-35-18-23-16-24(19-35)36(23)17-20-9-11-22(12-10-20)37-29(25-8-5-15-32-28(25)31)34-27-14-13-26(33-30(27)37)21-6-3-2-4-7-21;1-2-3-4/h2-15,23-24H,16-19H2,1H3,(H2,31,32);2-3H,1H2. The second-order valence-corrected chi connectivity index (χ2v) is 10.6. The number of aldehydes is 1. The molecule has 0 aliphatic carbocycles. The SMILES string of the molecule is C=CC=O.CN1CC2CC(C1)N2Cc1ccc(-n2c(-c3cccnc3N)nc3ccc(-c4ccccc4)nc32)cc1. The van der Waals surface area contributed by atoms with Crippen molar-refractivity contribution in [2.75, 3.05) is 25.9 Å². The van der Waals surface area contributed by atoms with Crippen LogP contribution in [-0.4, -0.2) is 67.8 Å². The largest absolute Gasteiger partial charge is 0.383 e.